The van der Waals surface area contributed by atoms with Crippen LogP contribution < -0.4 is 11.1 Å². The van der Waals surface area contributed by atoms with Gasteiger partial charge in [0.25, 0.3) is 0 Å². The van der Waals surface area contributed by atoms with E-state index in [1.54, 1.807) is 0 Å². The summed E-state index contributed by atoms with van der Waals surface area (Å²) in [5.74, 6) is 1.41. The molecule has 1 atom stereocenters. The van der Waals surface area contributed by atoms with Gasteiger partial charge in [-0.3, -0.25) is 4.99 Å². The maximum atomic E-state index is 5.94. The predicted molar refractivity (Wildman–Crippen MR) is 92.7 cm³/mol. The molecule has 0 saturated carbocycles. The lowest BCUT2D eigenvalue weighted by atomic mass is 10.0. The first-order valence-corrected chi connectivity index (χ1v) is 8.86. The number of nitrogens with zero attached hydrogens (tertiary/aromatic N) is 2. The first kappa shape index (κ1) is 18.3. The smallest absolute Gasteiger partial charge is 0.188 e. The summed E-state index contributed by atoms with van der Waals surface area (Å²) in [6.07, 6.45) is 8.85. The zero-order valence-electron chi connectivity index (χ0n) is 14.4. The van der Waals surface area contributed by atoms with Gasteiger partial charge in [0, 0.05) is 12.6 Å². The standard InChI is InChI=1S/C17H36N4/c1-15(2)9-8-10-16(3)20-17(18)19-11-4-5-12-21-13-6-7-14-21/h15-16H,4-14H2,1-3H3,(H3,18,19,20). The number of rotatable bonds is 10. The van der Waals surface area contributed by atoms with E-state index in [0.717, 1.165) is 18.9 Å². The van der Waals surface area contributed by atoms with Crippen LogP contribution >= 0.6 is 0 Å². The van der Waals surface area contributed by atoms with E-state index in [1.165, 1.54) is 58.2 Å². The Labute approximate surface area is 131 Å². The molecular formula is C17H36N4. The van der Waals surface area contributed by atoms with Gasteiger partial charge in [-0.2, -0.15) is 0 Å². The highest BCUT2D eigenvalue weighted by Gasteiger charge is 2.09. The van der Waals surface area contributed by atoms with Gasteiger partial charge in [-0.05, 0) is 64.6 Å². The lowest BCUT2D eigenvalue weighted by Crippen LogP contribution is -2.38. The molecule has 0 aromatic carbocycles. The second kappa shape index (κ2) is 10.9. The Bertz CT molecular complexity index is 283. The molecule has 3 N–H and O–H groups in total. The highest BCUT2D eigenvalue weighted by Crippen LogP contribution is 2.09. The molecule has 0 amide bonds. The highest BCUT2D eigenvalue weighted by atomic mass is 15.1. The van der Waals surface area contributed by atoms with Gasteiger partial charge < -0.3 is 16.0 Å². The van der Waals surface area contributed by atoms with Crippen LogP contribution in [0.1, 0.15) is 65.7 Å². The Balaban J connectivity index is 2.00. The van der Waals surface area contributed by atoms with Gasteiger partial charge in [0.15, 0.2) is 5.96 Å². The number of unbranched alkanes of at least 4 members (excludes halogenated alkanes) is 1. The van der Waals surface area contributed by atoms with Gasteiger partial charge in [-0.25, -0.2) is 0 Å². The Kier molecular flexibility index (Phi) is 9.48. The van der Waals surface area contributed by atoms with Crippen molar-refractivity contribution in [3.8, 4) is 0 Å². The molecule has 0 aliphatic carbocycles. The molecule has 0 radical (unpaired) electrons. The van der Waals surface area contributed by atoms with Crippen molar-refractivity contribution in [1.82, 2.24) is 10.2 Å². The fourth-order valence-electron chi connectivity index (χ4n) is 2.86. The second-order valence-electron chi connectivity index (χ2n) is 6.89. The van der Waals surface area contributed by atoms with Gasteiger partial charge in [-0.15, -0.1) is 0 Å². The van der Waals surface area contributed by atoms with Crippen molar-refractivity contribution in [1.29, 1.82) is 0 Å². The number of aliphatic imine (C=N–C) groups is 1. The Morgan fingerprint density at radius 1 is 1.10 bits per heavy atom. The molecule has 1 heterocycles. The van der Waals surface area contributed by atoms with Gasteiger partial charge in [0.1, 0.15) is 0 Å². The summed E-state index contributed by atoms with van der Waals surface area (Å²) in [6.45, 7) is 11.4. The lowest BCUT2D eigenvalue weighted by Gasteiger charge is -2.15. The first-order valence-electron chi connectivity index (χ1n) is 8.86. The fraction of sp³-hybridized carbons (Fsp3) is 0.941. The van der Waals surface area contributed by atoms with Crippen molar-refractivity contribution in [2.45, 2.75) is 71.8 Å². The Hall–Kier alpha value is -0.770. The molecule has 21 heavy (non-hydrogen) atoms. The minimum absolute atomic E-state index is 0.428. The molecule has 1 saturated heterocycles. The minimum atomic E-state index is 0.428. The fourth-order valence-corrected chi connectivity index (χ4v) is 2.86. The maximum absolute atomic E-state index is 5.94. The summed E-state index contributed by atoms with van der Waals surface area (Å²) >= 11 is 0. The monoisotopic (exact) mass is 296 g/mol. The van der Waals surface area contributed by atoms with Crippen LogP contribution in [0.2, 0.25) is 0 Å². The number of hydrogen-bond acceptors (Lipinski definition) is 2. The van der Waals surface area contributed by atoms with Gasteiger partial charge >= 0.3 is 0 Å². The quantitative estimate of drug-likeness (QED) is 0.370. The van der Waals surface area contributed by atoms with E-state index in [-0.39, 0.29) is 0 Å². The van der Waals surface area contributed by atoms with E-state index >= 15 is 0 Å². The molecule has 4 heteroatoms. The largest absolute Gasteiger partial charge is 0.370 e. The van der Waals surface area contributed by atoms with Crippen LogP contribution in [0.25, 0.3) is 0 Å². The molecule has 0 aromatic heterocycles. The molecule has 1 aliphatic heterocycles. The van der Waals surface area contributed by atoms with Crippen molar-refractivity contribution in [2.75, 3.05) is 26.2 Å². The third-order valence-electron chi connectivity index (χ3n) is 4.18. The molecular weight excluding hydrogens is 260 g/mol. The van der Waals surface area contributed by atoms with Crippen LogP contribution in [0.5, 0.6) is 0 Å². The van der Waals surface area contributed by atoms with E-state index in [0.29, 0.717) is 12.0 Å². The number of hydrogen-bond donors (Lipinski definition) is 2. The summed E-state index contributed by atoms with van der Waals surface area (Å²) in [4.78, 5) is 6.99. The van der Waals surface area contributed by atoms with Crippen LogP contribution in [0.3, 0.4) is 0 Å². The van der Waals surface area contributed by atoms with Crippen LogP contribution in [0, 0.1) is 5.92 Å². The topological polar surface area (TPSA) is 53.6 Å². The van der Waals surface area contributed by atoms with Crippen LogP contribution in [0.15, 0.2) is 4.99 Å². The predicted octanol–water partition coefficient (Wildman–Crippen LogP) is 2.98. The van der Waals surface area contributed by atoms with Gasteiger partial charge in [-0.1, -0.05) is 26.7 Å². The third-order valence-corrected chi connectivity index (χ3v) is 4.18. The average molecular weight is 297 g/mol. The number of guanidine groups is 1. The number of nitrogens with one attached hydrogen (secondary N) is 1. The zero-order chi connectivity index (χ0) is 15.5. The molecule has 124 valence electrons. The highest BCUT2D eigenvalue weighted by molar-refractivity contribution is 5.78. The summed E-state index contributed by atoms with van der Waals surface area (Å²) in [7, 11) is 0. The Morgan fingerprint density at radius 3 is 2.48 bits per heavy atom. The normalized spacial score (nSPS) is 18.4. The molecule has 1 rings (SSSR count). The van der Waals surface area contributed by atoms with Gasteiger partial charge in [0.05, 0.1) is 0 Å². The van der Waals surface area contributed by atoms with Crippen molar-refractivity contribution < 1.29 is 0 Å². The van der Waals surface area contributed by atoms with Crippen LogP contribution in [-0.4, -0.2) is 43.1 Å². The average Bonchev–Trinajstić information content (AvgIpc) is 2.91. The van der Waals surface area contributed by atoms with Crippen molar-refractivity contribution in [3.63, 3.8) is 0 Å². The van der Waals surface area contributed by atoms with Gasteiger partial charge in [0.2, 0.25) is 0 Å². The van der Waals surface area contributed by atoms with E-state index in [4.69, 9.17) is 5.73 Å². The van der Waals surface area contributed by atoms with E-state index in [9.17, 15) is 0 Å². The van der Waals surface area contributed by atoms with Crippen molar-refractivity contribution in [3.05, 3.63) is 0 Å². The van der Waals surface area contributed by atoms with Crippen LogP contribution in [0.4, 0.5) is 0 Å². The molecule has 0 spiro atoms. The lowest BCUT2D eigenvalue weighted by molar-refractivity contribution is 0.331. The minimum Gasteiger partial charge on any atom is -0.370 e. The Morgan fingerprint density at radius 2 is 1.81 bits per heavy atom. The summed E-state index contributed by atoms with van der Waals surface area (Å²) < 4.78 is 0. The summed E-state index contributed by atoms with van der Waals surface area (Å²) in [5.41, 5.74) is 5.94. The van der Waals surface area contributed by atoms with Crippen molar-refractivity contribution in [2.24, 2.45) is 16.6 Å². The number of nitrogens with two attached hydrogens (primary N) is 1. The van der Waals surface area contributed by atoms with Crippen molar-refractivity contribution >= 4 is 5.96 Å². The first-order chi connectivity index (χ1) is 10.1. The SMILES string of the molecule is CC(C)CCCC(C)NC(N)=NCCCCN1CCCC1. The summed E-state index contributed by atoms with van der Waals surface area (Å²) in [6, 6.07) is 0.428. The molecule has 0 bridgehead atoms. The van der Waals surface area contributed by atoms with E-state index in [1.807, 2.05) is 0 Å². The van der Waals surface area contributed by atoms with E-state index in [2.05, 4.69) is 36.0 Å². The number of likely N-dealkylation sites (tertiary alicyclic amines) is 1. The van der Waals surface area contributed by atoms with Crippen LogP contribution in [-0.2, 0) is 0 Å². The molecule has 1 unspecified atom stereocenters. The molecule has 1 aliphatic rings. The summed E-state index contributed by atoms with van der Waals surface area (Å²) in [5, 5.41) is 3.30. The molecule has 4 nitrogen and oxygen atoms in total. The van der Waals surface area contributed by atoms with E-state index < -0.39 is 0 Å². The zero-order valence-corrected chi connectivity index (χ0v) is 14.4. The maximum Gasteiger partial charge on any atom is 0.188 e. The second-order valence-corrected chi connectivity index (χ2v) is 6.89. The molecule has 0 aromatic rings. The third kappa shape index (κ3) is 9.72. The molecule has 1 fully saturated rings.